The van der Waals surface area contributed by atoms with Gasteiger partial charge in [-0.15, -0.1) is 15.3 Å². The summed E-state index contributed by atoms with van der Waals surface area (Å²) < 4.78 is 3.23. The fourth-order valence-electron chi connectivity index (χ4n) is 3.86. The molecule has 150 valence electrons. The first-order valence-corrected chi connectivity index (χ1v) is 9.34. The summed E-state index contributed by atoms with van der Waals surface area (Å²) in [7, 11) is 0. The zero-order valence-corrected chi connectivity index (χ0v) is 16.2. The SMILES string of the molecule is Cc1nn(-c2ccc3nnc(C)n3n2)c2c1C(c1ccc(C(=O)O)cc1)CC(=O)N2. The van der Waals surface area contributed by atoms with E-state index in [1.54, 1.807) is 52.5 Å². The maximum atomic E-state index is 12.5. The monoisotopic (exact) mass is 403 g/mol. The lowest BCUT2D eigenvalue weighted by Crippen LogP contribution is -2.25. The van der Waals surface area contributed by atoms with Crippen molar-refractivity contribution in [3.05, 3.63) is 64.6 Å². The van der Waals surface area contributed by atoms with Crippen LogP contribution in [0.5, 0.6) is 0 Å². The number of carbonyl (C=O) groups is 2. The largest absolute Gasteiger partial charge is 0.478 e. The van der Waals surface area contributed by atoms with Gasteiger partial charge in [0, 0.05) is 17.9 Å². The third-order valence-corrected chi connectivity index (χ3v) is 5.28. The van der Waals surface area contributed by atoms with Crippen molar-refractivity contribution in [2.75, 3.05) is 5.32 Å². The molecular weight excluding hydrogens is 386 g/mol. The van der Waals surface area contributed by atoms with E-state index in [1.807, 2.05) is 6.92 Å². The molecule has 1 aliphatic heterocycles. The fourth-order valence-corrected chi connectivity index (χ4v) is 3.86. The molecule has 1 atom stereocenters. The Balaban J connectivity index is 1.63. The highest BCUT2D eigenvalue weighted by molar-refractivity contribution is 5.95. The summed E-state index contributed by atoms with van der Waals surface area (Å²) in [6.45, 7) is 3.69. The Kier molecular flexibility index (Phi) is 3.88. The average Bonchev–Trinajstić information content (AvgIpc) is 3.27. The summed E-state index contributed by atoms with van der Waals surface area (Å²) in [4.78, 5) is 23.7. The summed E-state index contributed by atoms with van der Waals surface area (Å²) >= 11 is 0. The van der Waals surface area contributed by atoms with Gasteiger partial charge in [-0.05, 0) is 43.7 Å². The molecule has 0 aliphatic carbocycles. The summed E-state index contributed by atoms with van der Waals surface area (Å²) in [5.74, 6) is 0.372. The van der Waals surface area contributed by atoms with E-state index in [9.17, 15) is 9.59 Å². The predicted molar refractivity (Wildman–Crippen MR) is 106 cm³/mol. The summed E-state index contributed by atoms with van der Waals surface area (Å²) in [5, 5.41) is 29.3. The van der Waals surface area contributed by atoms with Crippen molar-refractivity contribution in [3.63, 3.8) is 0 Å². The Bertz CT molecular complexity index is 1320. The maximum absolute atomic E-state index is 12.5. The van der Waals surface area contributed by atoms with Gasteiger partial charge < -0.3 is 10.4 Å². The van der Waals surface area contributed by atoms with E-state index in [1.165, 1.54) is 0 Å². The molecular formula is C20H17N7O3. The molecule has 1 amide bonds. The maximum Gasteiger partial charge on any atom is 0.335 e. The number of nitrogens with one attached hydrogen (secondary N) is 1. The van der Waals surface area contributed by atoms with E-state index in [-0.39, 0.29) is 23.8 Å². The van der Waals surface area contributed by atoms with Gasteiger partial charge in [0.05, 0.1) is 11.3 Å². The van der Waals surface area contributed by atoms with E-state index >= 15 is 0 Å². The van der Waals surface area contributed by atoms with Gasteiger partial charge in [-0.25, -0.2) is 4.79 Å². The number of hydrogen-bond acceptors (Lipinski definition) is 6. The Morgan fingerprint density at radius 3 is 2.60 bits per heavy atom. The molecule has 1 unspecified atom stereocenters. The van der Waals surface area contributed by atoms with E-state index < -0.39 is 5.97 Å². The van der Waals surface area contributed by atoms with Crippen LogP contribution in [-0.4, -0.2) is 46.6 Å². The van der Waals surface area contributed by atoms with Gasteiger partial charge in [0.15, 0.2) is 17.3 Å². The number of carboxylic acid groups (broad SMARTS) is 1. The number of aromatic nitrogens is 6. The number of aromatic carboxylic acids is 1. The van der Waals surface area contributed by atoms with E-state index in [0.29, 0.717) is 23.1 Å². The summed E-state index contributed by atoms with van der Waals surface area (Å²) in [6.07, 6.45) is 0.253. The minimum atomic E-state index is -0.988. The second-order valence-corrected chi connectivity index (χ2v) is 7.20. The van der Waals surface area contributed by atoms with Crippen LogP contribution in [0, 0.1) is 13.8 Å². The first kappa shape index (κ1) is 18.0. The number of fused-ring (bicyclic) bond motifs is 2. The second kappa shape index (κ2) is 6.48. The van der Waals surface area contributed by atoms with E-state index in [4.69, 9.17) is 5.11 Å². The molecule has 0 saturated carbocycles. The zero-order valence-electron chi connectivity index (χ0n) is 16.2. The van der Waals surface area contributed by atoms with Gasteiger partial charge in [-0.1, -0.05) is 12.1 Å². The van der Waals surface area contributed by atoms with Crippen LogP contribution in [0.15, 0.2) is 36.4 Å². The summed E-state index contributed by atoms with van der Waals surface area (Å²) in [6, 6.07) is 10.2. The van der Waals surface area contributed by atoms with Gasteiger partial charge in [-0.3, -0.25) is 4.79 Å². The Morgan fingerprint density at radius 2 is 1.87 bits per heavy atom. The number of benzene rings is 1. The molecule has 0 spiro atoms. The number of hydrogen-bond donors (Lipinski definition) is 2. The normalized spacial score (nSPS) is 15.8. The van der Waals surface area contributed by atoms with Crippen molar-refractivity contribution in [2.45, 2.75) is 26.2 Å². The van der Waals surface area contributed by atoms with Crippen LogP contribution >= 0.6 is 0 Å². The van der Waals surface area contributed by atoms with E-state index in [2.05, 4.69) is 25.7 Å². The van der Waals surface area contributed by atoms with Gasteiger partial charge in [0.1, 0.15) is 5.82 Å². The minimum Gasteiger partial charge on any atom is -0.478 e. The molecule has 3 aromatic heterocycles. The van der Waals surface area contributed by atoms with Gasteiger partial charge in [0.25, 0.3) is 0 Å². The lowest BCUT2D eigenvalue weighted by molar-refractivity contribution is -0.116. The molecule has 0 radical (unpaired) electrons. The molecule has 1 aromatic carbocycles. The van der Waals surface area contributed by atoms with Gasteiger partial charge >= 0.3 is 5.97 Å². The Hall–Kier alpha value is -4.08. The number of carbonyl (C=O) groups excluding carboxylic acids is 1. The van der Waals surface area contributed by atoms with Crippen LogP contribution in [0.4, 0.5) is 5.82 Å². The third kappa shape index (κ3) is 2.72. The third-order valence-electron chi connectivity index (χ3n) is 5.28. The first-order valence-electron chi connectivity index (χ1n) is 9.34. The Morgan fingerprint density at radius 1 is 1.10 bits per heavy atom. The van der Waals surface area contributed by atoms with Crippen molar-refractivity contribution in [3.8, 4) is 5.82 Å². The molecule has 10 heteroatoms. The van der Waals surface area contributed by atoms with Crippen LogP contribution in [0.1, 0.15) is 45.3 Å². The average molecular weight is 403 g/mol. The highest BCUT2D eigenvalue weighted by Gasteiger charge is 2.33. The number of amides is 1. The van der Waals surface area contributed by atoms with Gasteiger partial charge in [-0.2, -0.15) is 14.3 Å². The van der Waals surface area contributed by atoms with Crippen molar-refractivity contribution in [2.24, 2.45) is 0 Å². The van der Waals surface area contributed by atoms with Crippen molar-refractivity contribution in [1.29, 1.82) is 0 Å². The molecule has 0 saturated heterocycles. The minimum absolute atomic E-state index is 0.141. The number of carboxylic acids is 1. The predicted octanol–water partition coefficient (Wildman–Crippen LogP) is 2.10. The molecule has 0 bridgehead atoms. The van der Waals surface area contributed by atoms with Crippen LogP contribution in [0.2, 0.25) is 0 Å². The van der Waals surface area contributed by atoms with Crippen LogP contribution < -0.4 is 5.32 Å². The smallest absolute Gasteiger partial charge is 0.335 e. The Labute approximate surface area is 170 Å². The van der Waals surface area contributed by atoms with Gasteiger partial charge in [0.2, 0.25) is 5.91 Å². The lowest BCUT2D eigenvalue weighted by atomic mass is 9.85. The highest BCUT2D eigenvalue weighted by atomic mass is 16.4. The molecule has 2 N–H and O–H groups in total. The summed E-state index contributed by atoms with van der Waals surface area (Å²) in [5.41, 5.74) is 3.33. The number of nitrogens with zero attached hydrogens (tertiary/aromatic N) is 6. The molecule has 5 rings (SSSR count). The van der Waals surface area contributed by atoms with Crippen LogP contribution in [0.3, 0.4) is 0 Å². The molecule has 4 aromatic rings. The molecule has 1 aliphatic rings. The number of rotatable bonds is 3. The molecule has 0 fully saturated rings. The van der Waals surface area contributed by atoms with Crippen molar-refractivity contribution >= 4 is 23.3 Å². The standard InChI is InChI=1S/C20H17N7O3/c1-10-18-14(12-3-5-13(6-4-12)20(29)30)9-17(28)21-19(18)27(24-10)16-8-7-15-23-22-11(2)26(15)25-16/h3-8,14H,9H2,1-2H3,(H,21,28)(H,29,30). The fraction of sp³-hybridized carbons (Fsp3) is 0.200. The highest BCUT2D eigenvalue weighted by Crippen LogP contribution is 2.40. The van der Waals surface area contributed by atoms with Crippen LogP contribution in [0.25, 0.3) is 11.5 Å². The number of aryl methyl sites for hydroxylation is 2. The quantitative estimate of drug-likeness (QED) is 0.536. The molecule has 30 heavy (non-hydrogen) atoms. The second-order valence-electron chi connectivity index (χ2n) is 7.20. The molecule has 4 heterocycles. The molecule has 10 nitrogen and oxygen atoms in total. The first-order chi connectivity index (χ1) is 14.4. The number of anilines is 1. The van der Waals surface area contributed by atoms with Crippen LogP contribution in [-0.2, 0) is 4.79 Å². The zero-order chi connectivity index (χ0) is 21.0. The topological polar surface area (TPSA) is 127 Å². The van der Waals surface area contributed by atoms with Crippen molar-refractivity contribution < 1.29 is 14.7 Å². The van der Waals surface area contributed by atoms with Crippen molar-refractivity contribution in [1.82, 2.24) is 29.6 Å². The lowest BCUT2D eigenvalue weighted by Gasteiger charge is -2.24. The van der Waals surface area contributed by atoms with E-state index in [0.717, 1.165) is 16.8 Å².